The number of carbonyl (C=O) groups is 2. The number of nitrogens with one attached hydrogen (secondary N) is 1. The van der Waals surface area contributed by atoms with E-state index in [-0.39, 0.29) is 24.1 Å². The first-order valence-electron chi connectivity index (χ1n) is 11.2. The molecule has 1 aliphatic heterocycles. The summed E-state index contributed by atoms with van der Waals surface area (Å²) in [7, 11) is 1.66. The minimum Gasteiger partial charge on any atom is -0.359 e. The number of benzene rings is 2. The van der Waals surface area contributed by atoms with Crippen LogP contribution in [0.15, 0.2) is 73.1 Å². The molecule has 0 unspecified atom stereocenters. The Kier molecular flexibility index (Phi) is 6.82. The molecule has 6 heteroatoms. The van der Waals surface area contributed by atoms with Crippen molar-refractivity contribution < 1.29 is 14.0 Å². The highest BCUT2D eigenvalue weighted by molar-refractivity contribution is 5.84. The van der Waals surface area contributed by atoms with Crippen LogP contribution < -0.4 is 5.32 Å². The van der Waals surface area contributed by atoms with Gasteiger partial charge in [0.2, 0.25) is 11.8 Å². The molecule has 170 valence electrons. The fourth-order valence-corrected chi connectivity index (χ4v) is 4.65. The normalized spacial score (nSPS) is 15.2. The van der Waals surface area contributed by atoms with Gasteiger partial charge in [0.05, 0.1) is 11.8 Å². The molecule has 1 fully saturated rings. The van der Waals surface area contributed by atoms with E-state index in [1.165, 1.54) is 12.1 Å². The van der Waals surface area contributed by atoms with Crippen LogP contribution in [0.3, 0.4) is 0 Å². The molecule has 0 saturated carbocycles. The SMILES string of the molecule is CNC(=O)C1(Cc2cccc(-c3cccnc3)c2)CCN(C(=O)Cc2cccc(F)c2)CC1. The van der Waals surface area contributed by atoms with Crippen LogP contribution in [0.25, 0.3) is 11.1 Å². The molecule has 2 aromatic carbocycles. The fraction of sp³-hybridized carbons (Fsp3) is 0.296. The molecule has 2 amide bonds. The van der Waals surface area contributed by atoms with Crippen molar-refractivity contribution in [2.45, 2.75) is 25.7 Å². The zero-order chi connectivity index (χ0) is 23.3. The van der Waals surface area contributed by atoms with Crippen molar-refractivity contribution in [3.8, 4) is 11.1 Å². The van der Waals surface area contributed by atoms with E-state index in [1.54, 1.807) is 30.3 Å². The molecule has 0 atom stereocenters. The molecule has 0 radical (unpaired) electrons. The molecule has 0 spiro atoms. The van der Waals surface area contributed by atoms with Crippen LogP contribution in [0.1, 0.15) is 24.0 Å². The molecule has 2 heterocycles. The first kappa shape index (κ1) is 22.6. The van der Waals surface area contributed by atoms with E-state index in [2.05, 4.69) is 16.4 Å². The molecule has 0 bridgehead atoms. The van der Waals surface area contributed by atoms with E-state index in [0.717, 1.165) is 16.7 Å². The molecule has 0 aliphatic carbocycles. The van der Waals surface area contributed by atoms with E-state index < -0.39 is 5.41 Å². The standard InChI is InChI=1S/C27H28FN3O2/c1-29-26(33)27(18-21-6-2-7-22(15-21)23-8-4-12-30-19-23)10-13-31(14-11-27)25(32)17-20-5-3-9-24(28)16-20/h2-9,12,15-16,19H,10-11,13-14,17-18H2,1H3,(H,29,33). The van der Waals surface area contributed by atoms with Crippen LogP contribution >= 0.6 is 0 Å². The van der Waals surface area contributed by atoms with Gasteiger partial charge >= 0.3 is 0 Å². The van der Waals surface area contributed by atoms with E-state index in [4.69, 9.17) is 0 Å². The Labute approximate surface area is 193 Å². The topological polar surface area (TPSA) is 62.3 Å². The lowest BCUT2D eigenvalue weighted by Crippen LogP contribution is -2.50. The summed E-state index contributed by atoms with van der Waals surface area (Å²) >= 11 is 0. The van der Waals surface area contributed by atoms with Crippen LogP contribution in [0, 0.1) is 11.2 Å². The predicted octanol–water partition coefficient (Wildman–Crippen LogP) is 4.03. The lowest BCUT2D eigenvalue weighted by atomic mass is 9.72. The second kappa shape index (κ2) is 9.94. The highest BCUT2D eigenvalue weighted by atomic mass is 19.1. The van der Waals surface area contributed by atoms with Gasteiger partial charge < -0.3 is 10.2 Å². The Morgan fingerprint density at radius 2 is 1.73 bits per heavy atom. The second-order valence-corrected chi connectivity index (χ2v) is 8.67. The van der Waals surface area contributed by atoms with E-state index in [9.17, 15) is 14.0 Å². The summed E-state index contributed by atoms with van der Waals surface area (Å²) in [5.74, 6) is -0.373. The van der Waals surface area contributed by atoms with Gasteiger partial charge in [-0.3, -0.25) is 14.6 Å². The highest BCUT2D eigenvalue weighted by Gasteiger charge is 2.41. The zero-order valence-corrected chi connectivity index (χ0v) is 18.8. The number of hydrogen-bond donors (Lipinski definition) is 1. The van der Waals surface area contributed by atoms with Gasteiger partial charge in [-0.1, -0.05) is 42.5 Å². The summed E-state index contributed by atoms with van der Waals surface area (Å²) < 4.78 is 13.5. The van der Waals surface area contributed by atoms with Crippen molar-refractivity contribution in [1.29, 1.82) is 0 Å². The van der Waals surface area contributed by atoms with Gasteiger partial charge in [0.1, 0.15) is 5.82 Å². The number of nitrogens with zero attached hydrogens (tertiary/aromatic N) is 2. The van der Waals surface area contributed by atoms with Crippen LogP contribution in [0.4, 0.5) is 4.39 Å². The second-order valence-electron chi connectivity index (χ2n) is 8.67. The summed E-state index contributed by atoms with van der Waals surface area (Å²) in [6, 6.07) is 18.3. The average Bonchev–Trinajstić information content (AvgIpc) is 2.84. The summed E-state index contributed by atoms with van der Waals surface area (Å²) in [6.45, 7) is 1.01. The van der Waals surface area contributed by atoms with Gasteiger partial charge in [0.25, 0.3) is 0 Å². The number of rotatable bonds is 6. The maximum Gasteiger partial charge on any atom is 0.226 e. The number of pyridine rings is 1. The smallest absolute Gasteiger partial charge is 0.226 e. The van der Waals surface area contributed by atoms with E-state index >= 15 is 0 Å². The number of hydrogen-bond acceptors (Lipinski definition) is 3. The monoisotopic (exact) mass is 445 g/mol. The number of halogens is 1. The van der Waals surface area contributed by atoms with Crippen molar-refractivity contribution in [3.63, 3.8) is 0 Å². The predicted molar refractivity (Wildman–Crippen MR) is 126 cm³/mol. The van der Waals surface area contributed by atoms with Gasteiger partial charge in [-0.2, -0.15) is 0 Å². The number of aromatic nitrogens is 1. The Balaban J connectivity index is 1.47. The number of piperidine rings is 1. The maximum absolute atomic E-state index is 13.5. The van der Waals surface area contributed by atoms with E-state index in [0.29, 0.717) is 37.9 Å². The zero-order valence-electron chi connectivity index (χ0n) is 18.8. The fourth-order valence-electron chi connectivity index (χ4n) is 4.65. The summed E-state index contributed by atoms with van der Waals surface area (Å²) in [4.78, 5) is 31.8. The quantitative estimate of drug-likeness (QED) is 0.623. The molecule has 33 heavy (non-hydrogen) atoms. The summed E-state index contributed by atoms with van der Waals surface area (Å²) in [6.07, 6.45) is 5.51. The first-order chi connectivity index (χ1) is 16.0. The lowest BCUT2D eigenvalue weighted by Gasteiger charge is -2.40. The third-order valence-electron chi connectivity index (χ3n) is 6.49. The third-order valence-corrected chi connectivity index (χ3v) is 6.49. The largest absolute Gasteiger partial charge is 0.359 e. The molecule has 1 N–H and O–H groups in total. The summed E-state index contributed by atoms with van der Waals surface area (Å²) in [5.41, 5.74) is 3.27. The van der Waals surface area contributed by atoms with Crippen LogP contribution in [-0.2, 0) is 22.4 Å². The van der Waals surface area contributed by atoms with E-state index in [1.807, 2.05) is 36.5 Å². The number of amides is 2. The number of likely N-dealkylation sites (tertiary alicyclic amines) is 1. The van der Waals surface area contributed by atoms with Crippen LogP contribution in [0.2, 0.25) is 0 Å². The van der Waals surface area contributed by atoms with Gasteiger partial charge in [-0.25, -0.2) is 4.39 Å². The molecule has 1 aliphatic rings. The average molecular weight is 446 g/mol. The van der Waals surface area contributed by atoms with Crippen molar-refractivity contribution in [2.75, 3.05) is 20.1 Å². The third kappa shape index (κ3) is 5.28. The Morgan fingerprint density at radius 3 is 2.42 bits per heavy atom. The molecular formula is C27H28FN3O2. The number of carbonyl (C=O) groups excluding carboxylic acids is 2. The Morgan fingerprint density at radius 1 is 1.00 bits per heavy atom. The van der Waals surface area contributed by atoms with Gasteiger partial charge in [0.15, 0.2) is 0 Å². The van der Waals surface area contributed by atoms with Gasteiger partial charge in [-0.05, 0) is 59.7 Å². The molecule has 4 rings (SSSR count). The lowest BCUT2D eigenvalue weighted by molar-refractivity contribution is -0.140. The minimum atomic E-state index is -0.571. The molecule has 5 nitrogen and oxygen atoms in total. The molecule has 3 aromatic rings. The van der Waals surface area contributed by atoms with Crippen molar-refractivity contribution >= 4 is 11.8 Å². The molecule has 1 aromatic heterocycles. The molecular weight excluding hydrogens is 417 g/mol. The minimum absolute atomic E-state index is 0.00603. The van der Waals surface area contributed by atoms with Gasteiger partial charge in [-0.15, -0.1) is 0 Å². The Hall–Kier alpha value is -3.54. The van der Waals surface area contributed by atoms with Crippen molar-refractivity contribution in [2.24, 2.45) is 5.41 Å². The van der Waals surface area contributed by atoms with Crippen molar-refractivity contribution in [1.82, 2.24) is 15.2 Å². The Bertz CT molecular complexity index is 1120. The summed E-state index contributed by atoms with van der Waals surface area (Å²) in [5, 5.41) is 2.84. The maximum atomic E-state index is 13.5. The first-order valence-corrected chi connectivity index (χ1v) is 11.2. The van der Waals surface area contributed by atoms with Crippen LogP contribution in [0.5, 0.6) is 0 Å². The van der Waals surface area contributed by atoms with Gasteiger partial charge in [0, 0.05) is 32.5 Å². The molecule has 1 saturated heterocycles. The van der Waals surface area contributed by atoms with Crippen molar-refractivity contribution in [3.05, 3.63) is 90.0 Å². The van der Waals surface area contributed by atoms with Crippen LogP contribution in [-0.4, -0.2) is 41.8 Å². The highest BCUT2D eigenvalue weighted by Crippen LogP contribution is 2.36.